The molecule has 0 aliphatic rings. The number of ether oxygens (including phenoxy) is 2. The number of nitrogens with zero attached hydrogens (tertiary/aromatic N) is 1. The molecule has 2 N–H and O–H groups in total. The summed E-state index contributed by atoms with van der Waals surface area (Å²) in [5.74, 6) is 1.57. The van der Waals surface area contributed by atoms with E-state index in [4.69, 9.17) is 25.6 Å². The lowest BCUT2D eigenvalue weighted by Gasteiger charge is -2.17. The molecular formula is C18H25ClN2O4. The number of aryl methyl sites for hydroxylation is 1. The number of aliphatic hydroxyl groups excluding tert-OH is 1. The molecule has 0 aliphatic carbocycles. The maximum atomic E-state index is 10.0. The van der Waals surface area contributed by atoms with Crippen molar-refractivity contribution in [3.63, 3.8) is 0 Å². The summed E-state index contributed by atoms with van der Waals surface area (Å²) in [5.41, 5.74) is 0.627. The van der Waals surface area contributed by atoms with E-state index in [2.05, 4.69) is 24.3 Å². The van der Waals surface area contributed by atoms with Crippen LogP contribution in [0, 0.1) is 6.92 Å². The predicted octanol–water partition coefficient (Wildman–Crippen LogP) is 3.34. The van der Waals surface area contributed by atoms with Crippen LogP contribution >= 0.6 is 11.6 Å². The molecule has 138 valence electrons. The number of para-hydroxylation sites is 2. The van der Waals surface area contributed by atoms with Crippen LogP contribution in [0.4, 0.5) is 0 Å². The standard InChI is InChI=1S/C18H25ClN2O4/c1-4-12(2)20-9-14(22)10-23-15-7-5-6-8-16(15)24-11-17-18(19)13(3)21-25-17/h5-8,12,14,20,22H,4,9-11H2,1-3H3. The van der Waals surface area contributed by atoms with Gasteiger partial charge in [0.1, 0.15) is 17.7 Å². The molecule has 25 heavy (non-hydrogen) atoms. The Bertz CT molecular complexity index is 662. The van der Waals surface area contributed by atoms with Gasteiger partial charge in [0.15, 0.2) is 23.9 Å². The predicted molar refractivity (Wildman–Crippen MR) is 96.3 cm³/mol. The van der Waals surface area contributed by atoms with Gasteiger partial charge < -0.3 is 24.4 Å². The first-order valence-corrected chi connectivity index (χ1v) is 8.75. The Kier molecular flexibility index (Phi) is 7.55. The lowest BCUT2D eigenvalue weighted by atomic mass is 10.2. The fourth-order valence-corrected chi connectivity index (χ4v) is 2.18. The number of aromatic nitrogens is 1. The topological polar surface area (TPSA) is 76.8 Å². The molecule has 1 aromatic heterocycles. The molecule has 1 heterocycles. The third-order valence-electron chi connectivity index (χ3n) is 3.81. The zero-order valence-corrected chi connectivity index (χ0v) is 15.5. The zero-order valence-electron chi connectivity index (χ0n) is 14.8. The van der Waals surface area contributed by atoms with Crippen molar-refractivity contribution in [2.45, 2.75) is 45.9 Å². The summed E-state index contributed by atoms with van der Waals surface area (Å²) in [6.45, 7) is 6.74. The monoisotopic (exact) mass is 368 g/mol. The van der Waals surface area contributed by atoms with Gasteiger partial charge >= 0.3 is 0 Å². The van der Waals surface area contributed by atoms with E-state index in [1.807, 2.05) is 12.1 Å². The summed E-state index contributed by atoms with van der Waals surface area (Å²) >= 11 is 6.08. The summed E-state index contributed by atoms with van der Waals surface area (Å²) < 4.78 is 16.5. The van der Waals surface area contributed by atoms with E-state index in [0.29, 0.717) is 40.6 Å². The maximum absolute atomic E-state index is 10.0. The van der Waals surface area contributed by atoms with Crippen molar-refractivity contribution >= 4 is 11.6 Å². The summed E-state index contributed by atoms with van der Waals surface area (Å²) in [6.07, 6.45) is 0.405. The fraction of sp³-hybridized carbons (Fsp3) is 0.500. The lowest BCUT2D eigenvalue weighted by Crippen LogP contribution is -2.36. The van der Waals surface area contributed by atoms with E-state index in [9.17, 15) is 5.11 Å². The minimum Gasteiger partial charge on any atom is -0.487 e. The van der Waals surface area contributed by atoms with Crippen LogP contribution < -0.4 is 14.8 Å². The molecule has 7 heteroatoms. The van der Waals surface area contributed by atoms with Gasteiger partial charge in [-0.3, -0.25) is 0 Å². The Labute approximate surface area is 153 Å². The van der Waals surface area contributed by atoms with Gasteiger partial charge in [-0.2, -0.15) is 0 Å². The largest absolute Gasteiger partial charge is 0.487 e. The third kappa shape index (κ3) is 5.92. The number of aliphatic hydroxyl groups is 1. The molecule has 0 amide bonds. The van der Waals surface area contributed by atoms with Gasteiger partial charge in [-0.25, -0.2) is 0 Å². The van der Waals surface area contributed by atoms with Gasteiger partial charge in [-0.1, -0.05) is 35.8 Å². The number of halogens is 1. The molecule has 0 aliphatic heterocycles. The highest BCUT2D eigenvalue weighted by molar-refractivity contribution is 6.31. The lowest BCUT2D eigenvalue weighted by molar-refractivity contribution is 0.101. The van der Waals surface area contributed by atoms with E-state index >= 15 is 0 Å². The highest BCUT2D eigenvalue weighted by Crippen LogP contribution is 2.29. The van der Waals surface area contributed by atoms with Crippen molar-refractivity contribution in [1.82, 2.24) is 10.5 Å². The van der Waals surface area contributed by atoms with Crippen LogP contribution in [0.3, 0.4) is 0 Å². The molecule has 2 rings (SSSR count). The molecule has 0 fully saturated rings. The third-order valence-corrected chi connectivity index (χ3v) is 4.29. The van der Waals surface area contributed by atoms with Gasteiger partial charge in [-0.15, -0.1) is 0 Å². The molecule has 0 saturated carbocycles. The van der Waals surface area contributed by atoms with Crippen molar-refractivity contribution in [2.24, 2.45) is 0 Å². The molecule has 0 saturated heterocycles. The van der Waals surface area contributed by atoms with Gasteiger partial charge in [-0.05, 0) is 32.4 Å². The minimum atomic E-state index is -0.603. The van der Waals surface area contributed by atoms with Gasteiger partial charge in [0.25, 0.3) is 0 Å². The summed E-state index contributed by atoms with van der Waals surface area (Å²) in [6, 6.07) is 7.63. The van der Waals surface area contributed by atoms with E-state index in [-0.39, 0.29) is 13.2 Å². The Hall–Kier alpha value is -1.76. The van der Waals surface area contributed by atoms with Crippen molar-refractivity contribution in [3.05, 3.63) is 40.7 Å². The first-order chi connectivity index (χ1) is 12.0. The Morgan fingerprint density at radius 3 is 2.56 bits per heavy atom. The highest BCUT2D eigenvalue weighted by Gasteiger charge is 2.14. The van der Waals surface area contributed by atoms with Crippen molar-refractivity contribution < 1.29 is 19.1 Å². The van der Waals surface area contributed by atoms with Crippen LogP contribution in [-0.2, 0) is 6.61 Å². The zero-order chi connectivity index (χ0) is 18.2. The van der Waals surface area contributed by atoms with Crippen molar-refractivity contribution in [3.8, 4) is 11.5 Å². The van der Waals surface area contributed by atoms with Gasteiger partial charge in [0, 0.05) is 12.6 Å². The second-order valence-corrected chi connectivity index (χ2v) is 6.30. The summed E-state index contributed by atoms with van der Waals surface area (Å²) in [4.78, 5) is 0. The fourth-order valence-electron chi connectivity index (χ4n) is 2.05. The summed E-state index contributed by atoms with van der Waals surface area (Å²) in [7, 11) is 0. The number of nitrogens with one attached hydrogen (secondary N) is 1. The van der Waals surface area contributed by atoms with E-state index in [0.717, 1.165) is 6.42 Å². The van der Waals surface area contributed by atoms with Crippen molar-refractivity contribution in [2.75, 3.05) is 13.2 Å². The molecule has 2 atom stereocenters. The van der Waals surface area contributed by atoms with Gasteiger partial charge in [0.2, 0.25) is 0 Å². The van der Waals surface area contributed by atoms with Crippen LogP contribution in [0.15, 0.2) is 28.8 Å². The smallest absolute Gasteiger partial charge is 0.192 e. The van der Waals surface area contributed by atoms with Crippen molar-refractivity contribution in [1.29, 1.82) is 0 Å². The Balaban J connectivity index is 1.88. The quantitative estimate of drug-likeness (QED) is 0.669. The Morgan fingerprint density at radius 2 is 1.96 bits per heavy atom. The second kappa shape index (κ2) is 9.65. The van der Waals surface area contributed by atoms with Crippen LogP contribution in [0.25, 0.3) is 0 Å². The minimum absolute atomic E-state index is 0.151. The molecule has 2 unspecified atom stereocenters. The van der Waals surface area contributed by atoms with Crippen LogP contribution in [-0.4, -0.2) is 35.6 Å². The average Bonchev–Trinajstić information content (AvgIpc) is 2.95. The Morgan fingerprint density at radius 1 is 1.28 bits per heavy atom. The van der Waals surface area contributed by atoms with Crippen LogP contribution in [0.5, 0.6) is 11.5 Å². The molecule has 0 bridgehead atoms. The van der Waals surface area contributed by atoms with Gasteiger partial charge in [0.05, 0.1) is 5.69 Å². The number of hydrogen-bond acceptors (Lipinski definition) is 6. The second-order valence-electron chi connectivity index (χ2n) is 5.92. The average molecular weight is 369 g/mol. The van der Waals surface area contributed by atoms with E-state index < -0.39 is 6.10 Å². The van der Waals surface area contributed by atoms with Crippen LogP contribution in [0.2, 0.25) is 5.02 Å². The molecular weight excluding hydrogens is 344 g/mol. The first-order valence-electron chi connectivity index (χ1n) is 8.38. The first kappa shape index (κ1) is 19.6. The number of rotatable bonds is 10. The normalized spacial score (nSPS) is 13.5. The molecule has 0 spiro atoms. The van der Waals surface area contributed by atoms with Crippen LogP contribution in [0.1, 0.15) is 31.7 Å². The number of hydrogen-bond donors (Lipinski definition) is 2. The highest BCUT2D eigenvalue weighted by atomic mass is 35.5. The summed E-state index contributed by atoms with van der Waals surface area (Å²) in [5, 5.41) is 17.5. The molecule has 0 radical (unpaired) electrons. The molecule has 2 aromatic rings. The SMILES string of the molecule is CCC(C)NCC(O)COc1ccccc1OCc1onc(C)c1Cl. The molecule has 1 aromatic carbocycles. The van der Waals surface area contributed by atoms with E-state index in [1.54, 1.807) is 19.1 Å². The van der Waals surface area contributed by atoms with E-state index in [1.165, 1.54) is 0 Å². The molecule has 6 nitrogen and oxygen atoms in total. The number of benzene rings is 1. The maximum Gasteiger partial charge on any atom is 0.192 e.